The van der Waals surface area contributed by atoms with Gasteiger partial charge in [-0.3, -0.25) is 18.6 Å². The maximum absolute atomic E-state index is 13.5. The summed E-state index contributed by atoms with van der Waals surface area (Å²) in [5.41, 5.74) is 0. The largest absolute Gasteiger partial charge is 0.472 e. The Balaban J connectivity index is 5.23. The second-order valence-corrected chi connectivity index (χ2v) is 23.3. The molecular weight excluding hydrogens is 928 g/mol. The smallest absolute Gasteiger partial charge is 0.456 e. The Hall–Kier alpha value is -2.29. The van der Waals surface area contributed by atoms with Crippen LogP contribution in [0.2, 0.25) is 0 Å². The van der Waals surface area contributed by atoms with Crippen molar-refractivity contribution in [2.75, 3.05) is 40.9 Å². The van der Waals surface area contributed by atoms with Gasteiger partial charge in [0.2, 0.25) is 5.91 Å². The maximum Gasteiger partial charge on any atom is 0.472 e. The van der Waals surface area contributed by atoms with Gasteiger partial charge in [-0.25, -0.2) is 4.57 Å². The average Bonchev–Trinajstić information content (AvgIpc) is 3.35. The number of allylic oxidation sites excluding steroid dienone is 9. The van der Waals surface area contributed by atoms with Crippen molar-refractivity contribution in [1.82, 2.24) is 5.32 Å². The van der Waals surface area contributed by atoms with Gasteiger partial charge in [0.15, 0.2) is 0 Å². The summed E-state index contributed by atoms with van der Waals surface area (Å²) in [6, 6.07) is -0.858. The number of quaternary nitrogens is 1. The van der Waals surface area contributed by atoms with Crippen molar-refractivity contribution >= 4 is 19.7 Å². The van der Waals surface area contributed by atoms with Gasteiger partial charge in [0.25, 0.3) is 0 Å². The quantitative estimate of drug-likeness (QED) is 0.0205. The predicted molar refractivity (Wildman–Crippen MR) is 314 cm³/mol. The number of nitrogens with zero attached hydrogens (tertiary/aromatic N) is 1. The van der Waals surface area contributed by atoms with Gasteiger partial charge in [-0.05, 0) is 89.5 Å². The Kier molecular flexibility index (Phi) is 51.5. The summed E-state index contributed by atoms with van der Waals surface area (Å²) in [5.74, 6) is -0.527. The van der Waals surface area contributed by atoms with E-state index in [-0.39, 0.29) is 31.5 Å². The SMILES string of the molecule is CC/C=C/C/C=C/C/C=C/CCCCCCC(=O)OC(/C=C\CCCCCCCCCCCC)C(COP(=O)(O)OCC[N+](C)(C)C)NC(=O)CCCCCCCCCCCCC/C=C/CCCCCCCC. The molecule has 2 N–H and O–H groups in total. The number of phosphoric acid groups is 1. The van der Waals surface area contributed by atoms with Crippen molar-refractivity contribution in [3.8, 4) is 0 Å². The molecule has 0 saturated carbocycles. The molecule has 0 spiro atoms. The van der Waals surface area contributed by atoms with Crippen molar-refractivity contribution in [1.29, 1.82) is 0 Å². The van der Waals surface area contributed by atoms with Crippen LogP contribution in [0.15, 0.2) is 60.8 Å². The highest BCUT2D eigenvalue weighted by Crippen LogP contribution is 2.43. The number of unbranched alkanes of at least 4 members (excludes halogenated alkanes) is 31. The van der Waals surface area contributed by atoms with Gasteiger partial charge in [-0.15, -0.1) is 0 Å². The van der Waals surface area contributed by atoms with E-state index >= 15 is 0 Å². The first kappa shape index (κ1) is 70.7. The molecule has 0 heterocycles. The molecule has 1 amide bonds. The number of carbonyl (C=O) groups excluding carboxylic acids is 2. The number of amides is 1. The van der Waals surface area contributed by atoms with Gasteiger partial charge >= 0.3 is 13.8 Å². The summed E-state index contributed by atoms with van der Waals surface area (Å²) in [6.07, 6.45) is 66.5. The number of hydrogen-bond acceptors (Lipinski definition) is 6. The molecule has 3 unspecified atom stereocenters. The van der Waals surface area contributed by atoms with Gasteiger partial charge in [0.1, 0.15) is 19.3 Å². The first-order valence-electron chi connectivity index (χ1n) is 30.6. The molecule has 0 aliphatic heterocycles. The van der Waals surface area contributed by atoms with Crippen LogP contribution in [-0.2, 0) is 27.9 Å². The summed E-state index contributed by atoms with van der Waals surface area (Å²) in [7, 11) is 1.48. The van der Waals surface area contributed by atoms with E-state index in [0.29, 0.717) is 23.9 Å². The molecule has 0 bridgehead atoms. The molecule has 426 valence electrons. The minimum Gasteiger partial charge on any atom is -0.456 e. The fraction of sp³-hybridized carbons (Fsp3) is 0.810. The van der Waals surface area contributed by atoms with E-state index in [2.05, 4.69) is 74.7 Å². The van der Waals surface area contributed by atoms with Crippen molar-refractivity contribution < 1.29 is 37.3 Å². The number of nitrogens with one attached hydrogen (secondary N) is 1. The van der Waals surface area contributed by atoms with Crippen LogP contribution in [0.1, 0.15) is 278 Å². The van der Waals surface area contributed by atoms with Gasteiger partial charge in [-0.1, -0.05) is 236 Å². The third kappa shape index (κ3) is 54.3. The Morgan fingerprint density at radius 3 is 1.33 bits per heavy atom. The zero-order valence-electron chi connectivity index (χ0n) is 48.6. The first-order valence-corrected chi connectivity index (χ1v) is 32.1. The van der Waals surface area contributed by atoms with Crippen LogP contribution < -0.4 is 5.32 Å². The third-order valence-electron chi connectivity index (χ3n) is 13.4. The molecule has 0 aliphatic rings. The van der Waals surface area contributed by atoms with E-state index in [1.165, 1.54) is 154 Å². The fourth-order valence-electron chi connectivity index (χ4n) is 8.71. The molecule has 0 aromatic rings. The summed E-state index contributed by atoms with van der Waals surface area (Å²) >= 11 is 0. The van der Waals surface area contributed by atoms with Crippen molar-refractivity contribution in [2.45, 2.75) is 290 Å². The molecule has 0 aromatic heterocycles. The average molecular weight is 1050 g/mol. The molecule has 9 nitrogen and oxygen atoms in total. The predicted octanol–water partition coefficient (Wildman–Crippen LogP) is 18.7. The Labute approximate surface area is 451 Å². The normalized spacial score (nSPS) is 14.1. The standard InChI is InChI=1S/C63H117N2O7P/c1-7-10-13-16-19-22-25-28-30-31-32-33-34-35-36-37-40-43-46-49-52-55-62(66)64-60(59-71-73(68,69)70-58-57-65(4,5)6)61(54-51-48-45-42-39-27-24-21-18-15-12-9-3)72-63(67)56-53-50-47-44-41-38-29-26-23-20-17-14-11-8-2/h11,14,20,23,28-30,38,51,54,60-61H,7-10,12-13,15-19,21-22,24-27,31-37,39-50,52-53,55-59H2,1-6H3,(H-,64,66,68,69)/p+1/b14-11+,23-20+,30-28+,38-29+,54-51-. The lowest BCUT2D eigenvalue weighted by Crippen LogP contribution is -2.47. The van der Waals surface area contributed by atoms with Gasteiger partial charge < -0.3 is 19.4 Å². The van der Waals surface area contributed by atoms with Crippen LogP contribution in [0.5, 0.6) is 0 Å². The second kappa shape index (κ2) is 53.1. The highest BCUT2D eigenvalue weighted by molar-refractivity contribution is 7.47. The lowest BCUT2D eigenvalue weighted by molar-refractivity contribution is -0.870. The van der Waals surface area contributed by atoms with E-state index in [4.69, 9.17) is 13.8 Å². The summed E-state index contributed by atoms with van der Waals surface area (Å²) in [5, 5.41) is 3.05. The lowest BCUT2D eigenvalue weighted by atomic mass is 10.0. The Morgan fingerprint density at radius 2 is 0.877 bits per heavy atom. The van der Waals surface area contributed by atoms with E-state index in [1.54, 1.807) is 0 Å². The molecule has 10 heteroatoms. The third-order valence-corrected chi connectivity index (χ3v) is 14.4. The molecule has 73 heavy (non-hydrogen) atoms. The van der Waals surface area contributed by atoms with Crippen LogP contribution in [0.4, 0.5) is 0 Å². The maximum atomic E-state index is 13.5. The number of phosphoric ester groups is 1. The van der Waals surface area contributed by atoms with Crippen LogP contribution in [-0.4, -0.2) is 74.3 Å². The van der Waals surface area contributed by atoms with Crippen LogP contribution >= 0.6 is 7.82 Å². The number of carbonyl (C=O) groups is 2. The van der Waals surface area contributed by atoms with Gasteiger partial charge in [0, 0.05) is 12.8 Å². The zero-order valence-corrected chi connectivity index (χ0v) is 49.5. The van der Waals surface area contributed by atoms with E-state index in [0.717, 1.165) is 83.5 Å². The number of esters is 1. The van der Waals surface area contributed by atoms with Crippen molar-refractivity contribution in [3.63, 3.8) is 0 Å². The van der Waals surface area contributed by atoms with Gasteiger partial charge in [-0.2, -0.15) is 0 Å². The van der Waals surface area contributed by atoms with Crippen LogP contribution in [0, 0.1) is 0 Å². The van der Waals surface area contributed by atoms with Gasteiger partial charge in [0.05, 0.1) is 33.8 Å². The van der Waals surface area contributed by atoms with E-state index in [9.17, 15) is 19.0 Å². The summed E-state index contributed by atoms with van der Waals surface area (Å²) in [4.78, 5) is 37.6. The molecular formula is C63H118N2O7P+. The Bertz CT molecular complexity index is 1440. The molecule has 0 aromatic carbocycles. The van der Waals surface area contributed by atoms with Crippen LogP contribution in [0.3, 0.4) is 0 Å². The number of hydrogen-bond donors (Lipinski definition) is 2. The molecule has 0 rings (SSSR count). The van der Waals surface area contributed by atoms with Crippen LogP contribution in [0.25, 0.3) is 0 Å². The molecule has 0 aliphatic carbocycles. The van der Waals surface area contributed by atoms with E-state index < -0.39 is 20.0 Å². The number of rotatable bonds is 55. The summed E-state index contributed by atoms with van der Waals surface area (Å²) < 4.78 is 30.6. The van der Waals surface area contributed by atoms with E-state index in [1.807, 2.05) is 33.3 Å². The minimum atomic E-state index is -4.45. The summed E-state index contributed by atoms with van der Waals surface area (Å²) in [6.45, 7) is 6.89. The highest BCUT2D eigenvalue weighted by Gasteiger charge is 2.30. The highest BCUT2D eigenvalue weighted by atomic mass is 31.2. The topological polar surface area (TPSA) is 111 Å². The number of ether oxygens (including phenoxy) is 1. The van der Waals surface area contributed by atoms with Crippen molar-refractivity contribution in [2.24, 2.45) is 0 Å². The lowest BCUT2D eigenvalue weighted by Gasteiger charge is -2.27. The molecule has 3 atom stereocenters. The first-order chi connectivity index (χ1) is 35.4. The minimum absolute atomic E-state index is 0.0355. The van der Waals surface area contributed by atoms with Crippen molar-refractivity contribution in [3.05, 3.63) is 60.8 Å². The second-order valence-electron chi connectivity index (χ2n) is 21.8. The number of likely N-dealkylation sites (N-methyl/N-ethyl adjacent to an activating group) is 1. The Morgan fingerprint density at radius 1 is 0.493 bits per heavy atom. The fourth-order valence-corrected chi connectivity index (χ4v) is 9.45. The monoisotopic (exact) mass is 1050 g/mol. The molecule has 0 saturated heterocycles. The molecule has 0 radical (unpaired) electrons. The molecule has 0 fully saturated rings. The zero-order chi connectivity index (χ0) is 53.6.